The van der Waals surface area contributed by atoms with Crippen LogP contribution >= 0.6 is 0 Å². The number of Topliss-reactive ketones (excluding diaryl/α,β-unsaturated/α-hetero) is 1. The lowest BCUT2D eigenvalue weighted by molar-refractivity contribution is -0.140. The van der Waals surface area contributed by atoms with Gasteiger partial charge in [0, 0.05) is 12.5 Å². The molecular formula is C28H45N3O4. The first-order valence-corrected chi connectivity index (χ1v) is 12.2. The highest BCUT2D eigenvalue weighted by Gasteiger charge is 2.41. The van der Waals surface area contributed by atoms with Gasteiger partial charge in [0.2, 0.25) is 11.8 Å². The number of carbonyl (C=O) groups excluding carboxylic acids is 3. The molecule has 7 heteroatoms. The zero-order chi connectivity index (χ0) is 27.1. The quantitative estimate of drug-likeness (QED) is 0.417. The Morgan fingerprint density at radius 1 is 1.03 bits per heavy atom. The molecule has 7 nitrogen and oxygen atoms in total. The first kappa shape index (κ1) is 30.5. The zero-order valence-corrected chi connectivity index (χ0v) is 23.1. The van der Waals surface area contributed by atoms with Crippen molar-refractivity contribution in [1.29, 1.82) is 0 Å². The number of hydrogen-bond donors (Lipinski definition) is 3. The van der Waals surface area contributed by atoms with Crippen LogP contribution in [0.3, 0.4) is 0 Å². The molecule has 0 bridgehead atoms. The van der Waals surface area contributed by atoms with Gasteiger partial charge in [-0.25, -0.2) is 0 Å². The molecule has 2 amide bonds. The maximum atomic E-state index is 13.7. The van der Waals surface area contributed by atoms with E-state index in [-0.39, 0.29) is 29.6 Å². The SMILES string of the molecule is CNC(C(=O)NC(C(=O)N(C)C(C=C(C)C(=O)CO)C(C)C)C(C)(C)C)C(C)(C)c1ccccc1. The normalized spacial score (nSPS) is 15.4. The molecule has 0 fully saturated rings. The lowest BCUT2D eigenvalue weighted by Gasteiger charge is -2.40. The summed E-state index contributed by atoms with van der Waals surface area (Å²) in [5.41, 5.74) is 0.334. The van der Waals surface area contributed by atoms with E-state index in [0.717, 1.165) is 5.56 Å². The third kappa shape index (κ3) is 7.74. The Kier molecular flexibility index (Phi) is 10.9. The van der Waals surface area contributed by atoms with Gasteiger partial charge in [-0.2, -0.15) is 0 Å². The van der Waals surface area contributed by atoms with Crippen LogP contribution in [-0.4, -0.2) is 66.4 Å². The van der Waals surface area contributed by atoms with Crippen molar-refractivity contribution in [2.45, 2.75) is 78.9 Å². The van der Waals surface area contributed by atoms with E-state index in [1.54, 1.807) is 32.0 Å². The van der Waals surface area contributed by atoms with E-state index >= 15 is 0 Å². The fourth-order valence-corrected chi connectivity index (χ4v) is 4.30. The van der Waals surface area contributed by atoms with Crippen LogP contribution in [0.2, 0.25) is 0 Å². The van der Waals surface area contributed by atoms with Gasteiger partial charge in [0.15, 0.2) is 5.78 Å². The van der Waals surface area contributed by atoms with E-state index < -0.39 is 29.5 Å². The number of nitrogens with zero attached hydrogens (tertiary/aromatic N) is 1. The van der Waals surface area contributed by atoms with Gasteiger partial charge in [0.25, 0.3) is 0 Å². The molecule has 3 N–H and O–H groups in total. The van der Waals surface area contributed by atoms with Crippen molar-refractivity contribution in [2.24, 2.45) is 11.3 Å². The predicted octanol–water partition coefficient (Wildman–Crippen LogP) is 3.07. The van der Waals surface area contributed by atoms with Gasteiger partial charge >= 0.3 is 0 Å². The highest BCUT2D eigenvalue weighted by Crippen LogP contribution is 2.29. The number of aliphatic hydroxyl groups is 1. The van der Waals surface area contributed by atoms with Crippen LogP contribution < -0.4 is 10.6 Å². The Hall–Kier alpha value is -2.51. The van der Waals surface area contributed by atoms with Gasteiger partial charge in [-0.3, -0.25) is 14.4 Å². The van der Waals surface area contributed by atoms with E-state index in [1.807, 2.05) is 78.8 Å². The van der Waals surface area contributed by atoms with Crippen molar-refractivity contribution >= 4 is 17.6 Å². The number of ketones is 1. The van der Waals surface area contributed by atoms with Crippen molar-refractivity contribution < 1.29 is 19.5 Å². The van der Waals surface area contributed by atoms with Crippen molar-refractivity contribution in [3.05, 3.63) is 47.5 Å². The number of aliphatic hydroxyl groups excluding tert-OH is 1. The number of likely N-dealkylation sites (N-methyl/N-ethyl adjacent to an activating group) is 2. The molecule has 0 radical (unpaired) electrons. The molecule has 1 aromatic rings. The number of hydrogen-bond acceptors (Lipinski definition) is 5. The molecule has 196 valence electrons. The molecule has 0 aliphatic heterocycles. The third-order valence-corrected chi connectivity index (χ3v) is 6.67. The van der Waals surface area contributed by atoms with Gasteiger partial charge in [-0.1, -0.05) is 84.9 Å². The Bertz CT molecular complexity index is 901. The Morgan fingerprint density at radius 2 is 1.57 bits per heavy atom. The summed E-state index contributed by atoms with van der Waals surface area (Å²) in [6.45, 7) is 14.8. The monoisotopic (exact) mass is 487 g/mol. The first-order chi connectivity index (χ1) is 16.1. The highest BCUT2D eigenvalue weighted by atomic mass is 16.3. The molecule has 3 unspecified atom stereocenters. The molecule has 0 aliphatic carbocycles. The topological polar surface area (TPSA) is 98.7 Å². The summed E-state index contributed by atoms with van der Waals surface area (Å²) in [4.78, 5) is 40.8. The van der Waals surface area contributed by atoms with Crippen molar-refractivity contribution in [1.82, 2.24) is 15.5 Å². The van der Waals surface area contributed by atoms with Crippen LogP contribution in [0.4, 0.5) is 0 Å². The summed E-state index contributed by atoms with van der Waals surface area (Å²) < 4.78 is 0. The van der Waals surface area contributed by atoms with Crippen LogP contribution in [0.1, 0.15) is 61.0 Å². The molecule has 0 spiro atoms. The van der Waals surface area contributed by atoms with Crippen molar-refractivity contribution in [2.75, 3.05) is 20.7 Å². The van der Waals surface area contributed by atoms with Crippen LogP contribution in [0.25, 0.3) is 0 Å². The van der Waals surface area contributed by atoms with E-state index in [9.17, 15) is 19.5 Å². The smallest absolute Gasteiger partial charge is 0.245 e. The van der Waals surface area contributed by atoms with Crippen molar-refractivity contribution in [3.8, 4) is 0 Å². The van der Waals surface area contributed by atoms with Crippen molar-refractivity contribution in [3.63, 3.8) is 0 Å². The maximum absolute atomic E-state index is 13.7. The predicted molar refractivity (Wildman–Crippen MR) is 141 cm³/mol. The molecule has 0 aliphatic rings. The largest absolute Gasteiger partial charge is 0.388 e. The molecule has 3 atom stereocenters. The van der Waals surface area contributed by atoms with E-state index in [2.05, 4.69) is 10.6 Å². The summed E-state index contributed by atoms with van der Waals surface area (Å²) >= 11 is 0. The summed E-state index contributed by atoms with van der Waals surface area (Å²) in [5.74, 6) is -0.857. The zero-order valence-electron chi connectivity index (χ0n) is 23.1. The summed E-state index contributed by atoms with van der Waals surface area (Å²) in [6.07, 6.45) is 1.72. The number of carbonyl (C=O) groups is 3. The summed E-state index contributed by atoms with van der Waals surface area (Å²) in [5, 5.41) is 15.4. The minimum absolute atomic E-state index is 0.0174. The molecular weight excluding hydrogens is 442 g/mol. The first-order valence-electron chi connectivity index (χ1n) is 12.2. The van der Waals surface area contributed by atoms with Crippen LogP contribution in [0.5, 0.6) is 0 Å². The molecule has 1 aromatic carbocycles. The fourth-order valence-electron chi connectivity index (χ4n) is 4.30. The number of rotatable bonds is 11. The number of amides is 2. The van der Waals surface area contributed by atoms with E-state index in [0.29, 0.717) is 5.57 Å². The highest BCUT2D eigenvalue weighted by molar-refractivity contribution is 5.96. The number of nitrogens with one attached hydrogen (secondary N) is 2. The number of benzene rings is 1. The van der Waals surface area contributed by atoms with Gasteiger partial charge in [0.05, 0.1) is 12.1 Å². The van der Waals surface area contributed by atoms with Crippen LogP contribution in [0.15, 0.2) is 42.0 Å². The average molecular weight is 488 g/mol. The lowest BCUT2D eigenvalue weighted by atomic mass is 9.76. The minimum atomic E-state index is -0.786. The fraction of sp³-hybridized carbons (Fsp3) is 0.607. The Morgan fingerprint density at radius 3 is 2.00 bits per heavy atom. The van der Waals surface area contributed by atoms with Gasteiger partial charge in [-0.15, -0.1) is 0 Å². The third-order valence-electron chi connectivity index (χ3n) is 6.67. The minimum Gasteiger partial charge on any atom is -0.388 e. The second kappa shape index (κ2) is 12.5. The molecule has 0 heterocycles. The van der Waals surface area contributed by atoms with E-state index in [1.165, 1.54) is 0 Å². The molecule has 35 heavy (non-hydrogen) atoms. The molecule has 0 aromatic heterocycles. The standard InChI is InChI=1S/C28H45N3O4/c1-18(2)21(16-19(3)22(33)17-32)31(10)26(35)24(27(4,5)6)30-25(34)23(29-9)28(7,8)20-14-12-11-13-15-20/h11-16,18,21,23-24,29,32H,17H2,1-10H3,(H,30,34). The average Bonchev–Trinajstić information content (AvgIpc) is 2.79. The second-order valence-electron chi connectivity index (χ2n) is 11.2. The Labute approximate surface area is 211 Å². The molecule has 1 rings (SSSR count). The molecule has 0 saturated carbocycles. The Balaban J connectivity index is 3.29. The maximum Gasteiger partial charge on any atom is 0.245 e. The van der Waals surface area contributed by atoms with Crippen LogP contribution in [-0.2, 0) is 19.8 Å². The lowest BCUT2D eigenvalue weighted by Crippen LogP contribution is -2.61. The van der Waals surface area contributed by atoms with Gasteiger partial charge < -0.3 is 20.6 Å². The van der Waals surface area contributed by atoms with E-state index in [4.69, 9.17) is 0 Å². The summed E-state index contributed by atoms with van der Waals surface area (Å²) in [6, 6.07) is 8.08. The van der Waals surface area contributed by atoms with Gasteiger partial charge in [0.1, 0.15) is 12.6 Å². The molecule has 0 saturated heterocycles. The summed E-state index contributed by atoms with van der Waals surface area (Å²) in [7, 11) is 3.43. The second-order valence-corrected chi connectivity index (χ2v) is 11.2. The van der Waals surface area contributed by atoms with Crippen LogP contribution in [0, 0.1) is 11.3 Å². The van der Waals surface area contributed by atoms with Gasteiger partial charge in [-0.05, 0) is 36.4 Å².